The Morgan fingerprint density at radius 1 is 1.17 bits per heavy atom. The molecule has 0 saturated carbocycles. The lowest BCUT2D eigenvalue weighted by atomic mass is 10.1. The Labute approximate surface area is 174 Å². The number of fused-ring (bicyclic) bond motifs is 1. The molecule has 2 aromatic rings. The molecule has 0 radical (unpaired) electrons. The molecule has 1 aliphatic carbocycles. The molecule has 1 aliphatic rings. The second-order valence-electron chi connectivity index (χ2n) is 7.07. The van der Waals surface area contributed by atoms with Gasteiger partial charge in [-0.15, -0.1) is 0 Å². The topological polar surface area (TPSA) is 119 Å². The molecule has 2 amide bonds. The predicted octanol–water partition coefficient (Wildman–Crippen LogP) is 3.61. The molecule has 7 nitrogen and oxygen atoms in total. The lowest BCUT2D eigenvalue weighted by Gasteiger charge is -2.11. The Kier molecular flexibility index (Phi) is 6.98. The number of hydrogen-bond donors (Lipinski definition) is 3. The first kappa shape index (κ1) is 21.3. The summed E-state index contributed by atoms with van der Waals surface area (Å²) in [5.74, 6) is 0.0624. The molecule has 0 fully saturated rings. The fourth-order valence-electron chi connectivity index (χ4n) is 3.36. The quantitative estimate of drug-likeness (QED) is 0.267. The minimum atomic E-state index is -0.664. The highest BCUT2D eigenvalue weighted by Gasteiger charge is 2.20. The molecule has 30 heavy (non-hydrogen) atoms. The minimum absolute atomic E-state index is 0.0139. The van der Waals surface area contributed by atoms with Gasteiger partial charge in [-0.1, -0.05) is 36.4 Å². The standard InChI is InChI=1S/C23H24N2O5/c24-23(29)25-19-11-12-21(18-9-6-5-8-17(18)19)30-22(28)10-4-2-1-3-7-15-13-16(26)14-20(15)27/h1,3,5-6,8-9,11-13,16,26H,2,4,7,10,14H2,(H3,24,25,29). The van der Waals surface area contributed by atoms with E-state index in [1.165, 1.54) is 0 Å². The number of ketones is 1. The third-order valence-corrected chi connectivity index (χ3v) is 4.77. The number of carbonyl (C=O) groups is 3. The molecule has 0 spiro atoms. The van der Waals surface area contributed by atoms with Gasteiger partial charge in [-0.3, -0.25) is 9.59 Å². The number of carbonyl (C=O) groups excluding carboxylic acids is 3. The van der Waals surface area contributed by atoms with Crippen LogP contribution < -0.4 is 15.8 Å². The fourth-order valence-corrected chi connectivity index (χ4v) is 3.36. The van der Waals surface area contributed by atoms with Gasteiger partial charge in [0.25, 0.3) is 0 Å². The first-order valence-electron chi connectivity index (χ1n) is 9.80. The van der Waals surface area contributed by atoms with E-state index in [1.54, 1.807) is 18.2 Å². The number of hydrogen-bond acceptors (Lipinski definition) is 5. The van der Waals surface area contributed by atoms with Crippen LogP contribution in [0.4, 0.5) is 10.5 Å². The van der Waals surface area contributed by atoms with Crippen LogP contribution in [0, 0.1) is 0 Å². The number of nitrogens with one attached hydrogen (secondary N) is 1. The summed E-state index contributed by atoms with van der Waals surface area (Å²) in [6.45, 7) is 0. The summed E-state index contributed by atoms with van der Waals surface area (Å²) in [6, 6.07) is 9.88. The van der Waals surface area contributed by atoms with Crippen LogP contribution in [-0.2, 0) is 9.59 Å². The number of aliphatic hydroxyl groups is 1. The van der Waals surface area contributed by atoms with Gasteiger partial charge in [0, 0.05) is 23.6 Å². The van der Waals surface area contributed by atoms with Crippen molar-refractivity contribution in [2.75, 3.05) is 5.32 Å². The zero-order valence-corrected chi connectivity index (χ0v) is 16.5. The van der Waals surface area contributed by atoms with Crippen LogP contribution in [0.3, 0.4) is 0 Å². The Morgan fingerprint density at radius 3 is 2.63 bits per heavy atom. The number of unbranched alkanes of at least 4 members (excludes halogenated alkanes) is 1. The third-order valence-electron chi connectivity index (χ3n) is 4.77. The first-order valence-corrected chi connectivity index (χ1v) is 9.80. The van der Waals surface area contributed by atoms with Crippen molar-refractivity contribution in [3.05, 3.63) is 60.2 Å². The molecule has 0 aromatic heterocycles. The molecule has 0 saturated heterocycles. The van der Waals surface area contributed by atoms with E-state index in [0.29, 0.717) is 41.7 Å². The number of aliphatic hydroxyl groups excluding tert-OH is 1. The summed E-state index contributed by atoms with van der Waals surface area (Å²) in [5.41, 5.74) is 6.39. The van der Waals surface area contributed by atoms with Gasteiger partial charge in [-0.05, 0) is 43.0 Å². The van der Waals surface area contributed by atoms with E-state index in [4.69, 9.17) is 10.5 Å². The van der Waals surface area contributed by atoms with Crippen LogP contribution in [0.5, 0.6) is 5.75 Å². The molecule has 2 aromatic carbocycles. The minimum Gasteiger partial charge on any atom is -0.426 e. The molecule has 1 atom stereocenters. The molecule has 1 unspecified atom stereocenters. The van der Waals surface area contributed by atoms with Crippen LogP contribution in [0.1, 0.15) is 32.1 Å². The second-order valence-corrected chi connectivity index (χ2v) is 7.07. The van der Waals surface area contributed by atoms with E-state index in [1.807, 2.05) is 36.4 Å². The summed E-state index contributed by atoms with van der Waals surface area (Å²) >= 11 is 0. The Bertz CT molecular complexity index is 1030. The van der Waals surface area contributed by atoms with E-state index in [-0.39, 0.29) is 24.6 Å². The van der Waals surface area contributed by atoms with Gasteiger partial charge >= 0.3 is 12.0 Å². The van der Waals surface area contributed by atoms with Crippen LogP contribution in [0.15, 0.2) is 60.2 Å². The monoisotopic (exact) mass is 408 g/mol. The molecule has 156 valence electrons. The van der Waals surface area contributed by atoms with Crippen LogP contribution >= 0.6 is 0 Å². The summed E-state index contributed by atoms with van der Waals surface area (Å²) in [4.78, 5) is 35.0. The number of anilines is 1. The van der Waals surface area contributed by atoms with E-state index in [2.05, 4.69) is 5.32 Å². The smallest absolute Gasteiger partial charge is 0.316 e. The number of ether oxygens (including phenoxy) is 1. The highest BCUT2D eigenvalue weighted by molar-refractivity contribution is 6.04. The van der Waals surface area contributed by atoms with Crippen LogP contribution in [-0.4, -0.2) is 29.0 Å². The molecule has 0 bridgehead atoms. The fraction of sp³-hybridized carbons (Fsp3) is 0.261. The zero-order chi connectivity index (χ0) is 21.5. The average molecular weight is 408 g/mol. The van der Waals surface area contributed by atoms with Crippen molar-refractivity contribution in [1.29, 1.82) is 0 Å². The molecule has 3 rings (SSSR count). The lowest BCUT2D eigenvalue weighted by Crippen LogP contribution is -2.19. The number of primary amides is 1. The largest absolute Gasteiger partial charge is 0.426 e. The van der Waals surface area contributed by atoms with Gasteiger partial charge < -0.3 is 20.9 Å². The second kappa shape index (κ2) is 9.84. The van der Waals surface area contributed by atoms with Crippen molar-refractivity contribution in [1.82, 2.24) is 0 Å². The number of Topliss-reactive ketones (excluding diaryl/α,β-unsaturated/α-hetero) is 1. The summed E-state index contributed by atoms with van der Waals surface area (Å²) < 4.78 is 5.51. The van der Waals surface area contributed by atoms with E-state index < -0.39 is 12.1 Å². The average Bonchev–Trinajstić information content (AvgIpc) is 3.03. The van der Waals surface area contributed by atoms with Gasteiger partial charge in [-0.25, -0.2) is 4.79 Å². The van der Waals surface area contributed by atoms with E-state index in [9.17, 15) is 19.5 Å². The Balaban J connectivity index is 1.51. The van der Waals surface area contributed by atoms with Crippen molar-refractivity contribution >= 4 is 34.2 Å². The number of allylic oxidation sites excluding steroid dienone is 3. The molecule has 7 heteroatoms. The summed E-state index contributed by atoms with van der Waals surface area (Å²) in [7, 11) is 0. The number of nitrogens with two attached hydrogens (primary N) is 1. The number of rotatable bonds is 8. The summed E-state index contributed by atoms with van der Waals surface area (Å²) in [5, 5.41) is 13.4. The maximum absolute atomic E-state index is 12.2. The molecule has 0 aliphatic heterocycles. The summed E-state index contributed by atoms with van der Waals surface area (Å²) in [6.07, 6.45) is 6.95. The van der Waals surface area contributed by atoms with E-state index >= 15 is 0 Å². The van der Waals surface area contributed by atoms with Crippen molar-refractivity contribution in [3.63, 3.8) is 0 Å². The van der Waals surface area contributed by atoms with Crippen molar-refractivity contribution < 1.29 is 24.2 Å². The third kappa shape index (κ3) is 5.55. The van der Waals surface area contributed by atoms with Crippen molar-refractivity contribution in [3.8, 4) is 5.75 Å². The van der Waals surface area contributed by atoms with Crippen LogP contribution in [0.25, 0.3) is 10.8 Å². The van der Waals surface area contributed by atoms with Crippen LogP contribution in [0.2, 0.25) is 0 Å². The van der Waals surface area contributed by atoms with Crippen molar-refractivity contribution in [2.45, 2.75) is 38.2 Å². The normalized spacial score (nSPS) is 16.1. The number of benzene rings is 2. The number of esters is 1. The molecular formula is C23H24N2O5. The highest BCUT2D eigenvalue weighted by atomic mass is 16.5. The SMILES string of the molecule is NC(=O)Nc1ccc(OC(=O)CCCC=CCC2=CC(O)CC2=O)c2ccccc12. The Morgan fingerprint density at radius 2 is 1.93 bits per heavy atom. The van der Waals surface area contributed by atoms with Gasteiger partial charge in [0.2, 0.25) is 0 Å². The van der Waals surface area contributed by atoms with Gasteiger partial charge in [0.15, 0.2) is 5.78 Å². The van der Waals surface area contributed by atoms with Gasteiger partial charge in [-0.2, -0.15) is 0 Å². The number of urea groups is 1. The van der Waals surface area contributed by atoms with Crippen molar-refractivity contribution in [2.24, 2.45) is 5.73 Å². The molecule has 0 heterocycles. The van der Waals surface area contributed by atoms with Gasteiger partial charge in [0.05, 0.1) is 11.8 Å². The predicted molar refractivity (Wildman–Crippen MR) is 114 cm³/mol. The maximum atomic E-state index is 12.2. The Hall–Kier alpha value is -3.45. The first-order chi connectivity index (χ1) is 14.4. The molecular weight excluding hydrogens is 384 g/mol. The van der Waals surface area contributed by atoms with Gasteiger partial charge in [0.1, 0.15) is 5.75 Å². The zero-order valence-electron chi connectivity index (χ0n) is 16.5. The lowest BCUT2D eigenvalue weighted by molar-refractivity contribution is -0.134. The number of amides is 2. The van der Waals surface area contributed by atoms with E-state index in [0.717, 1.165) is 5.39 Å². The molecule has 4 N–H and O–H groups in total. The maximum Gasteiger partial charge on any atom is 0.316 e. The highest BCUT2D eigenvalue weighted by Crippen LogP contribution is 2.32.